The summed E-state index contributed by atoms with van der Waals surface area (Å²) in [4.78, 5) is 0. The van der Waals surface area contributed by atoms with Gasteiger partial charge in [-0.05, 0) is 0 Å². The van der Waals surface area contributed by atoms with Gasteiger partial charge in [-0.15, -0.1) is 0 Å². The van der Waals surface area contributed by atoms with Gasteiger partial charge in [-0.3, -0.25) is 0 Å². The van der Waals surface area contributed by atoms with Gasteiger partial charge in [0.1, 0.15) is 6.26 Å². The molecule has 0 heterocycles. The quantitative estimate of drug-likeness (QED) is 0.304. The van der Waals surface area contributed by atoms with Crippen LogP contribution in [0, 0.1) is 11.3 Å². The predicted molar refractivity (Wildman–Crippen MR) is 39.7 cm³/mol. The van der Waals surface area contributed by atoms with Crippen molar-refractivity contribution in [3.63, 3.8) is 0 Å². The van der Waals surface area contributed by atoms with E-state index in [1.807, 2.05) is 0 Å². The van der Waals surface area contributed by atoms with Crippen LogP contribution in [-0.4, -0.2) is 13.7 Å². The third-order valence-corrected chi connectivity index (χ3v) is 0.923. The van der Waals surface area contributed by atoms with E-state index in [2.05, 4.69) is 21.7 Å². The van der Waals surface area contributed by atoms with E-state index < -0.39 is 10.4 Å². The van der Waals surface area contributed by atoms with E-state index in [9.17, 15) is 8.42 Å². The Morgan fingerprint density at radius 2 is 1.92 bits per heavy atom. The molecule has 0 atom stereocenters. The molecule has 0 aromatic carbocycles. The van der Waals surface area contributed by atoms with Gasteiger partial charge in [-0.1, -0.05) is 17.5 Å². The minimum atomic E-state index is -4.23. The summed E-state index contributed by atoms with van der Waals surface area (Å²) in [7, 11) is -4.23. The Balaban J connectivity index is 0. The lowest BCUT2D eigenvalue weighted by Crippen LogP contribution is -2.02. The molecular weight excluding hydrogens is 186 g/mol. The van der Waals surface area contributed by atoms with Gasteiger partial charge in [0.05, 0.1) is 6.07 Å². The van der Waals surface area contributed by atoms with Crippen LogP contribution in [0.25, 0.3) is 0 Å². The summed E-state index contributed by atoms with van der Waals surface area (Å²) in [5, 5.41) is 15.0. The fraction of sp³-hybridized carbons (Fsp3) is 0. The highest BCUT2D eigenvalue weighted by Crippen LogP contribution is 1.90. The molecule has 6 nitrogen and oxygen atoms in total. The van der Waals surface area contributed by atoms with Gasteiger partial charge in [0, 0.05) is 6.08 Å². The molecule has 0 spiro atoms. The summed E-state index contributed by atoms with van der Waals surface area (Å²) in [6.07, 6.45) is 1.80. The van der Waals surface area contributed by atoms with Gasteiger partial charge < -0.3 is 4.18 Å². The average molecular weight is 193 g/mol. The summed E-state index contributed by atoms with van der Waals surface area (Å²) >= 11 is 0. The summed E-state index contributed by atoms with van der Waals surface area (Å²) in [6.45, 7) is 6.02. The lowest BCUT2D eigenvalue weighted by atomic mass is 10.8. The number of hydrogen-bond acceptors (Lipinski definition) is 6. The van der Waals surface area contributed by atoms with Crippen LogP contribution in [0.3, 0.4) is 0 Å². The topological polar surface area (TPSA) is 96.6 Å². The van der Waals surface area contributed by atoms with Gasteiger partial charge in [-0.25, -0.2) is 5.26 Å². The first-order valence-corrected chi connectivity index (χ1v) is 3.75. The molecule has 0 aliphatic carbocycles. The standard InChI is InChI=1S/C3H3N.C2H4O5S/c1-2-3-4;1-2-6-8(4,5)7-3/h2H,1H2;2-3H,1H2. The van der Waals surface area contributed by atoms with E-state index in [-0.39, 0.29) is 0 Å². The van der Waals surface area contributed by atoms with Crippen molar-refractivity contribution < 1.29 is 22.2 Å². The number of allylic oxidation sites excluding steroid dienone is 1. The zero-order valence-electron chi connectivity index (χ0n) is 6.00. The smallest absolute Gasteiger partial charge is 0.369 e. The normalized spacial score (nSPS) is 8.33. The lowest BCUT2D eigenvalue weighted by Gasteiger charge is -1.92. The average Bonchev–Trinajstić information content (AvgIpc) is 2.05. The molecule has 0 aromatic heterocycles. The molecular formula is C5H7NO5S. The molecule has 0 radical (unpaired) electrons. The first-order valence-electron chi connectivity index (χ1n) is 2.41. The molecule has 0 saturated carbocycles. The molecule has 0 aliphatic rings. The first-order chi connectivity index (χ1) is 5.54. The van der Waals surface area contributed by atoms with E-state index in [1.165, 1.54) is 6.08 Å². The summed E-state index contributed by atoms with van der Waals surface area (Å²) in [5.41, 5.74) is 0. The maximum absolute atomic E-state index is 9.83. The van der Waals surface area contributed by atoms with E-state index in [0.717, 1.165) is 0 Å². The number of nitriles is 1. The van der Waals surface area contributed by atoms with Crippen molar-refractivity contribution >= 4 is 10.4 Å². The van der Waals surface area contributed by atoms with Gasteiger partial charge in [0.15, 0.2) is 0 Å². The third kappa shape index (κ3) is 11.4. The number of hydrogen-bond donors (Lipinski definition) is 1. The molecule has 12 heavy (non-hydrogen) atoms. The Kier molecular flexibility index (Phi) is 8.55. The van der Waals surface area contributed by atoms with Crippen molar-refractivity contribution in [2.24, 2.45) is 0 Å². The van der Waals surface area contributed by atoms with Crippen LogP contribution < -0.4 is 0 Å². The molecule has 0 amide bonds. The fourth-order valence-electron chi connectivity index (χ4n) is 0.101. The molecule has 0 aliphatic heterocycles. The molecule has 1 N–H and O–H groups in total. The molecule has 0 bridgehead atoms. The summed E-state index contributed by atoms with van der Waals surface area (Å²) in [5.74, 6) is 0. The van der Waals surface area contributed by atoms with Crippen LogP contribution in [0.15, 0.2) is 25.5 Å². The molecule has 0 fully saturated rings. The van der Waals surface area contributed by atoms with Crippen LogP contribution >= 0.6 is 0 Å². The first kappa shape index (κ1) is 13.2. The Hall–Kier alpha value is -1.36. The van der Waals surface area contributed by atoms with E-state index in [4.69, 9.17) is 10.5 Å². The van der Waals surface area contributed by atoms with Gasteiger partial charge >= 0.3 is 10.4 Å². The van der Waals surface area contributed by atoms with Crippen molar-refractivity contribution in [2.75, 3.05) is 0 Å². The molecule has 0 unspecified atom stereocenters. The SMILES string of the molecule is C=CC#N.C=COS(=O)(=O)OO. The highest BCUT2D eigenvalue weighted by Gasteiger charge is 2.06. The van der Waals surface area contributed by atoms with Gasteiger partial charge in [0.25, 0.3) is 0 Å². The molecule has 0 rings (SSSR count). The zero-order valence-corrected chi connectivity index (χ0v) is 6.82. The maximum Gasteiger partial charge on any atom is 0.475 e. The second-order valence-corrected chi connectivity index (χ2v) is 2.24. The van der Waals surface area contributed by atoms with Crippen molar-refractivity contribution in [1.29, 1.82) is 5.26 Å². The van der Waals surface area contributed by atoms with Crippen molar-refractivity contribution in [2.45, 2.75) is 0 Å². The number of nitrogens with zero attached hydrogens (tertiary/aromatic N) is 1. The monoisotopic (exact) mass is 193 g/mol. The highest BCUT2D eigenvalue weighted by molar-refractivity contribution is 7.81. The van der Waals surface area contributed by atoms with Crippen LogP contribution in [0.5, 0.6) is 0 Å². The predicted octanol–water partition coefficient (Wildman–Crippen LogP) is 0.577. The van der Waals surface area contributed by atoms with Crippen LogP contribution in [-0.2, 0) is 18.9 Å². The molecule has 68 valence electrons. The van der Waals surface area contributed by atoms with Gasteiger partial charge in [-0.2, -0.15) is 13.7 Å². The lowest BCUT2D eigenvalue weighted by molar-refractivity contribution is -0.140. The van der Waals surface area contributed by atoms with Crippen LogP contribution in [0.1, 0.15) is 0 Å². The zero-order chi connectivity index (χ0) is 10.0. The minimum absolute atomic E-state index is 0.617. The van der Waals surface area contributed by atoms with E-state index >= 15 is 0 Å². The van der Waals surface area contributed by atoms with E-state index in [0.29, 0.717) is 6.26 Å². The molecule has 0 saturated heterocycles. The number of rotatable bonds is 3. The van der Waals surface area contributed by atoms with Crippen molar-refractivity contribution in [1.82, 2.24) is 0 Å². The third-order valence-electron chi connectivity index (χ3n) is 0.368. The van der Waals surface area contributed by atoms with Crippen molar-refractivity contribution in [3.05, 3.63) is 25.5 Å². The highest BCUT2D eigenvalue weighted by atomic mass is 32.3. The van der Waals surface area contributed by atoms with Crippen LogP contribution in [0.4, 0.5) is 0 Å². The second-order valence-electron chi connectivity index (χ2n) is 1.08. The summed E-state index contributed by atoms with van der Waals surface area (Å²) < 4.78 is 26.2. The minimum Gasteiger partial charge on any atom is -0.369 e. The van der Waals surface area contributed by atoms with E-state index in [1.54, 1.807) is 6.07 Å². The Labute approximate surface area is 70.2 Å². The fourth-order valence-corrected chi connectivity index (χ4v) is 0.303. The Morgan fingerprint density at radius 1 is 1.50 bits per heavy atom. The second kappa shape index (κ2) is 7.74. The Bertz CT molecular complexity index is 262. The summed E-state index contributed by atoms with van der Waals surface area (Å²) in [6, 6.07) is 1.69. The van der Waals surface area contributed by atoms with Crippen molar-refractivity contribution in [3.8, 4) is 6.07 Å². The maximum atomic E-state index is 9.83. The molecule has 0 aromatic rings. The molecule has 7 heteroatoms. The largest absolute Gasteiger partial charge is 0.475 e. The Morgan fingerprint density at radius 3 is 2.00 bits per heavy atom. The van der Waals surface area contributed by atoms with Gasteiger partial charge in [0.2, 0.25) is 0 Å². The van der Waals surface area contributed by atoms with Crippen LogP contribution in [0.2, 0.25) is 0 Å².